The molecule has 0 bridgehead atoms. The lowest BCUT2D eigenvalue weighted by atomic mass is 10.0. The maximum atomic E-state index is 13.0. The average Bonchev–Trinajstić information content (AvgIpc) is 3.24. The number of aromatic nitrogens is 4. The van der Waals surface area contributed by atoms with E-state index in [-0.39, 0.29) is 18.2 Å². The zero-order valence-corrected chi connectivity index (χ0v) is 16.7. The van der Waals surface area contributed by atoms with Gasteiger partial charge >= 0.3 is 0 Å². The number of β-amino-alcohol motifs (C(OH)–C–C–N with tert-alkyl or cyclic N) is 1. The molecule has 1 aliphatic rings. The van der Waals surface area contributed by atoms with Gasteiger partial charge in [0, 0.05) is 48.9 Å². The van der Waals surface area contributed by atoms with E-state index in [1.165, 1.54) is 0 Å². The largest absolute Gasteiger partial charge is 0.391 e. The molecular weight excluding hydrogens is 366 g/mol. The molecule has 0 aliphatic carbocycles. The summed E-state index contributed by atoms with van der Waals surface area (Å²) in [5.41, 5.74) is 4.59. The van der Waals surface area contributed by atoms with Crippen molar-refractivity contribution < 1.29 is 9.90 Å². The smallest absolute Gasteiger partial charge is 0.227 e. The number of hydrogen-bond acceptors (Lipinski definition) is 5. The number of aryl methyl sites for hydroxylation is 1. The highest BCUT2D eigenvalue weighted by Crippen LogP contribution is 2.23. The van der Waals surface area contributed by atoms with Crippen LogP contribution >= 0.6 is 0 Å². The molecule has 1 fully saturated rings. The number of aliphatic hydroxyl groups is 1. The van der Waals surface area contributed by atoms with Crippen molar-refractivity contribution in [1.82, 2.24) is 24.6 Å². The number of amides is 1. The topological polar surface area (TPSA) is 84.1 Å². The van der Waals surface area contributed by atoms with Crippen molar-refractivity contribution in [2.75, 3.05) is 13.1 Å². The highest BCUT2D eigenvalue weighted by atomic mass is 16.3. The van der Waals surface area contributed by atoms with Crippen LogP contribution in [0.1, 0.15) is 22.6 Å². The Morgan fingerprint density at radius 2 is 1.97 bits per heavy atom. The van der Waals surface area contributed by atoms with Crippen LogP contribution in [-0.2, 0) is 17.6 Å². The summed E-state index contributed by atoms with van der Waals surface area (Å²) >= 11 is 0. The summed E-state index contributed by atoms with van der Waals surface area (Å²) in [6.07, 6.45) is 5.34. The predicted molar refractivity (Wildman–Crippen MR) is 109 cm³/mol. The van der Waals surface area contributed by atoms with E-state index in [2.05, 4.69) is 15.1 Å². The van der Waals surface area contributed by atoms with E-state index in [9.17, 15) is 9.90 Å². The normalized spacial score (nSPS) is 18.9. The molecule has 0 unspecified atom stereocenters. The van der Waals surface area contributed by atoms with Crippen molar-refractivity contribution in [3.05, 3.63) is 71.6 Å². The molecule has 1 N–H and O–H groups in total. The molecule has 7 heteroatoms. The Balaban J connectivity index is 1.45. The van der Waals surface area contributed by atoms with Gasteiger partial charge in [-0.3, -0.25) is 14.8 Å². The third kappa shape index (κ3) is 4.05. The van der Waals surface area contributed by atoms with Crippen molar-refractivity contribution in [3.63, 3.8) is 0 Å². The van der Waals surface area contributed by atoms with Gasteiger partial charge in [-0.1, -0.05) is 18.2 Å². The van der Waals surface area contributed by atoms with Gasteiger partial charge in [-0.2, -0.15) is 5.10 Å². The lowest BCUT2D eigenvalue weighted by Crippen LogP contribution is -2.31. The van der Waals surface area contributed by atoms with E-state index in [4.69, 9.17) is 0 Å². The Hall–Kier alpha value is -3.06. The minimum atomic E-state index is -0.546. The molecule has 0 spiro atoms. The van der Waals surface area contributed by atoms with Gasteiger partial charge in [-0.15, -0.1) is 0 Å². The second-order valence-electron chi connectivity index (χ2n) is 7.60. The molecule has 1 aliphatic heterocycles. The summed E-state index contributed by atoms with van der Waals surface area (Å²) in [7, 11) is 0. The van der Waals surface area contributed by atoms with Crippen molar-refractivity contribution >= 4 is 5.91 Å². The molecule has 3 heterocycles. The number of nitrogens with zero attached hydrogens (tertiary/aromatic N) is 5. The minimum absolute atomic E-state index is 0.0181. The van der Waals surface area contributed by atoms with Crippen LogP contribution < -0.4 is 0 Å². The molecular formula is C22H25N5O2. The highest BCUT2D eigenvalue weighted by Gasteiger charge is 2.34. The van der Waals surface area contributed by atoms with Gasteiger partial charge in [0.25, 0.3) is 0 Å². The van der Waals surface area contributed by atoms with E-state index in [1.54, 1.807) is 23.5 Å². The van der Waals surface area contributed by atoms with Gasteiger partial charge in [-0.05, 0) is 32.4 Å². The highest BCUT2D eigenvalue weighted by molar-refractivity contribution is 5.79. The van der Waals surface area contributed by atoms with Gasteiger partial charge in [-0.25, -0.2) is 4.68 Å². The third-order valence-corrected chi connectivity index (χ3v) is 5.62. The van der Waals surface area contributed by atoms with Gasteiger partial charge in [0.05, 0.1) is 29.6 Å². The Labute approximate surface area is 170 Å². The summed E-state index contributed by atoms with van der Waals surface area (Å²) in [5.74, 6) is -0.00519. The number of likely N-dealkylation sites (tertiary alicyclic amines) is 1. The van der Waals surface area contributed by atoms with Crippen molar-refractivity contribution in [2.24, 2.45) is 5.92 Å². The van der Waals surface area contributed by atoms with E-state index in [1.807, 2.05) is 48.9 Å². The fourth-order valence-corrected chi connectivity index (χ4v) is 3.98. The minimum Gasteiger partial charge on any atom is -0.391 e. The maximum Gasteiger partial charge on any atom is 0.227 e. The molecule has 150 valence electrons. The van der Waals surface area contributed by atoms with Crippen molar-refractivity contribution in [2.45, 2.75) is 32.8 Å². The molecule has 29 heavy (non-hydrogen) atoms. The Kier molecular flexibility index (Phi) is 5.40. The van der Waals surface area contributed by atoms with Crippen LogP contribution in [0.4, 0.5) is 0 Å². The summed E-state index contributed by atoms with van der Waals surface area (Å²) in [6, 6.07) is 9.91. The van der Waals surface area contributed by atoms with Gasteiger partial charge in [0.1, 0.15) is 0 Å². The molecule has 2 atom stereocenters. The van der Waals surface area contributed by atoms with E-state index < -0.39 is 6.10 Å². The summed E-state index contributed by atoms with van der Waals surface area (Å²) in [6.45, 7) is 4.81. The number of rotatable bonds is 5. The molecule has 4 rings (SSSR count). The molecule has 1 saturated heterocycles. The first-order valence-corrected chi connectivity index (χ1v) is 9.84. The predicted octanol–water partition coefficient (Wildman–Crippen LogP) is 1.88. The molecule has 1 amide bonds. The zero-order chi connectivity index (χ0) is 20.4. The first-order chi connectivity index (χ1) is 14.0. The van der Waals surface area contributed by atoms with Crippen LogP contribution in [0.15, 0.2) is 48.9 Å². The van der Waals surface area contributed by atoms with Crippen LogP contribution in [0.25, 0.3) is 5.69 Å². The van der Waals surface area contributed by atoms with Crippen LogP contribution in [-0.4, -0.2) is 54.9 Å². The van der Waals surface area contributed by atoms with Crippen molar-refractivity contribution in [3.8, 4) is 5.69 Å². The summed E-state index contributed by atoms with van der Waals surface area (Å²) in [4.78, 5) is 23.1. The second-order valence-corrected chi connectivity index (χ2v) is 7.60. The summed E-state index contributed by atoms with van der Waals surface area (Å²) < 4.78 is 1.88. The Morgan fingerprint density at radius 3 is 2.69 bits per heavy atom. The maximum absolute atomic E-state index is 13.0. The molecule has 0 radical (unpaired) electrons. The number of hydrogen-bond donors (Lipinski definition) is 1. The first kappa shape index (κ1) is 19.3. The molecule has 7 nitrogen and oxygen atoms in total. The van der Waals surface area contributed by atoms with E-state index in [0.29, 0.717) is 19.5 Å². The SMILES string of the molecule is Cc1nn(-c2ccccc2)c(C)c1CC(=O)N1C[C@@H](Cc2cnccn2)[C@H](O)C1. The lowest BCUT2D eigenvalue weighted by Gasteiger charge is -2.16. The fourth-order valence-electron chi connectivity index (χ4n) is 3.98. The molecule has 1 aromatic carbocycles. The standard InChI is InChI=1S/C22H25N5O2/c1-15-20(16(2)27(25-15)19-6-4-3-5-7-19)11-22(29)26-13-17(21(28)14-26)10-18-12-23-8-9-24-18/h3-9,12,17,21,28H,10-11,13-14H2,1-2H3/t17-,21-/m1/s1. The second kappa shape index (κ2) is 8.13. The number of para-hydroxylation sites is 1. The average molecular weight is 391 g/mol. The number of carbonyl (C=O) groups excluding carboxylic acids is 1. The zero-order valence-electron chi connectivity index (χ0n) is 16.7. The Bertz CT molecular complexity index is 987. The van der Waals surface area contributed by atoms with Crippen LogP contribution in [0.5, 0.6) is 0 Å². The summed E-state index contributed by atoms with van der Waals surface area (Å²) in [5, 5.41) is 15.1. The van der Waals surface area contributed by atoms with E-state index >= 15 is 0 Å². The fraction of sp³-hybridized carbons (Fsp3) is 0.364. The van der Waals surface area contributed by atoms with Gasteiger partial charge in [0.15, 0.2) is 0 Å². The van der Waals surface area contributed by atoms with Crippen LogP contribution in [0.2, 0.25) is 0 Å². The third-order valence-electron chi connectivity index (χ3n) is 5.62. The molecule has 0 saturated carbocycles. The lowest BCUT2D eigenvalue weighted by molar-refractivity contribution is -0.129. The quantitative estimate of drug-likeness (QED) is 0.718. The van der Waals surface area contributed by atoms with Crippen LogP contribution in [0.3, 0.4) is 0 Å². The first-order valence-electron chi connectivity index (χ1n) is 9.84. The van der Waals surface area contributed by atoms with Crippen LogP contribution in [0, 0.1) is 19.8 Å². The van der Waals surface area contributed by atoms with E-state index in [0.717, 1.165) is 28.3 Å². The van der Waals surface area contributed by atoms with Gasteiger partial charge in [0.2, 0.25) is 5.91 Å². The number of carbonyl (C=O) groups is 1. The molecule has 3 aromatic rings. The number of aliphatic hydroxyl groups excluding tert-OH is 1. The Morgan fingerprint density at radius 1 is 1.17 bits per heavy atom. The number of benzene rings is 1. The monoisotopic (exact) mass is 391 g/mol. The van der Waals surface area contributed by atoms with Crippen molar-refractivity contribution in [1.29, 1.82) is 0 Å². The van der Waals surface area contributed by atoms with Gasteiger partial charge < -0.3 is 10.0 Å². The molecule has 2 aromatic heterocycles.